The maximum Gasteiger partial charge on any atom is 0.154 e. The minimum Gasteiger partial charge on any atom is -0.463 e. The van der Waals surface area contributed by atoms with Crippen LogP contribution in [0.4, 0.5) is 0 Å². The van der Waals surface area contributed by atoms with Crippen molar-refractivity contribution in [1.82, 2.24) is 15.3 Å². The van der Waals surface area contributed by atoms with E-state index >= 15 is 0 Å². The van der Waals surface area contributed by atoms with Crippen molar-refractivity contribution in [1.29, 1.82) is 0 Å². The average molecular weight is 233 g/mol. The van der Waals surface area contributed by atoms with E-state index in [-0.39, 0.29) is 6.04 Å². The predicted octanol–water partition coefficient (Wildman–Crippen LogP) is 1.64. The summed E-state index contributed by atoms with van der Waals surface area (Å²) in [7, 11) is 0. The fourth-order valence-corrected chi connectivity index (χ4v) is 2.04. The topological polar surface area (TPSA) is 63.1 Å². The van der Waals surface area contributed by atoms with Crippen LogP contribution < -0.4 is 5.32 Å². The van der Waals surface area contributed by atoms with E-state index in [0.29, 0.717) is 6.61 Å². The number of hydrogen-bond acceptors (Lipinski definition) is 4. The van der Waals surface area contributed by atoms with Gasteiger partial charge in [0.15, 0.2) is 5.76 Å². The second kappa shape index (κ2) is 4.35. The van der Waals surface area contributed by atoms with Crippen LogP contribution in [0.3, 0.4) is 0 Å². The Hall–Kier alpha value is -1.59. The Labute approximate surface area is 99.2 Å². The first-order valence-electron chi connectivity index (χ1n) is 5.76. The van der Waals surface area contributed by atoms with Crippen molar-refractivity contribution in [3.63, 3.8) is 0 Å². The third-order valence-corrected chi connectivity index (χ3v) is 2.91. The molecule has 90 valence electrons. The zero-order chi connectivity index (χ0) is 11.7. The second-order valence-electron chi connectivity index (χ2n) is 4.15. The lowest BCUT2D eigenvalue weighted by molar-refractivity contribution is 0.0745. The zero-order valence-corrected chi connectivity index (χ0v) is 9.69. The molecule has 0 amide bonds. The highest BCUT2D eigenvalue weighted by Gasteiger charge is 2.20. The number of imidazole rings is 1. The van der Waals surface area contributed by atoms with Crippen LogP contribution in [0.15, 0.2) is 22.8 Å². The summed E-state index contributed by atoms with van der Waals surface area (Å²) in [6.45, 7) is 4.28. The van der Waals surface area contributed by atoms with E-state index < -0.39 is 0 Å². The first kappa shape index (κ1) is 10.6. The molecule has 0 spiro atoms. The van der Waals surface area contributed by atoms with E-state index in [1.807, 2.05) is 19.1 Å². The molecule has 1 aliphatic rings. The third kappa shape index (κ3) is 1.99. The monoisotopic (exact) mass is 233 g/mol. The molecule has 1 aliphatic heterocycles. The standard InChI is InChI=1S/C12H15N3O2/c1-8-11(10-3-2-5-17-10)15-12(14-8)9-7-16-6-4-13-9/h2-3,5,9,13H,4,6-7H2,1H3,(H,14,15). The highest BCUT2D eigenvalue weighted by Crippen LogP contribution is 2.24. The number of aromatic amines is 1. The van der Waals surface area contributed by atoms with Crippen LogP contribution >= 0.6 is 0 Å². The molecule has 0 aliphatic carbocycles. The van der Waals surface area contributed by atoms with E-state index in [2.05, 4.69) is 15.3 Å². The fraction of sp³-hybridized carbons (Fsp3) is 0.417. The van der Waals surface area contributed by atoms with Gasteiger partial charge in [0.2, 0.25) is 0 Å². The first-order chi connectivity index (χ1) is 8.34. The highest BCUT2D eigenvalue weighted by atomic mass is 16.5. The second-order valence-corrected chi connectivity index (χ2v) is 4.15. The predicted molar refractivity (Wildman–Crippen MR) is 62.6 cm³/mol. The van der Waals surface area contributed by atoms with Crippen molar-refractivity contribution in [2.45, 2.75) is 13.0 Å². The molecule has 17 heavy (non-hydrogen) atoms. The molecule has 1 fully saturated rings. The van der Waals surface area contributed by atoms with Crippen molar-refractivity contribution in [2.24, 2.45) is 0 Å². The SMILES string of the molecule is Cc1[nH]c(C2COCCN2)nc1-c1ccco1. The number of nitrogens with one attached hydrogen (secondary N) is 2. The zero-order valence-electron chi connectivity index (χ0n) is 9.69. The number of nitrogens with zero attached hydrogens (tertiary/aromatic N) is 1. The maximum atomic E-state index is 5.43. The van der Waals surface area contributed by atoms with Crippen molar-refractivity contribution < 1.29 is 9.15 Å². The number of aryl methyl sites for hydroxylation is 1. The molecule has 0 aromatic carbocycles. The van der Waals surface area contributed by atoms with Gasteiger partial charge in [-0.1, -0.05) is 0 Å². The highest BCUT2D eigenvalue weighted by molar-refractivity contribution is 5.55. The Morgan fingerprint density at radius 1 is 1.47 bits per heavy atom. The van der Waals surface area contributed by atoms with E-state index in [4.69, 9.17) is 9.15 Å². The fourth-order valence-electron chi connectivity index (χ4n) is 2.04. The minimum atomic E-state index is 0.145. The van der Waals surface area contributed by atoms with Gasteiger partial charge in [0.25, 0.3) is 0 Å². The molecule has 1 atom stereocenters. The summed E-state index contributed by atoms with van der Waals surface area (Å²) in [6.07, 6.45) is 1.66. The Balaban J connectivity index is 1.90. The van der Waals surface area contributed by atoms with Gasteiger partial charge in [0, 0.05) is 12.2 Å². The molecule has 3 rings (SSSR count). The van der Waals surface area contributed by atoms with Crippen LogP contribution in [-0.2, 0) is 4.74 Å². The van der Waals surface area contributed by atoms with Crippen LogP contribution in [0.25, 0.3) is 11.5 Å². The van der Waals surface area contributed by atoms with Gasteiger partial charge >= 0.3 is 0 Å². The largest absolute Gasteiger partial charge is 0.463 e. The number of hydrogen-bond donors (Lipinski definition) is 2. The molecule has 2 aromatic heterocycles. The van der Waals surface area contributed by atoms with Crippen molar-refractivity contribution >= 4 is 0 Å². The number of furan rings is 1. The maximum absolute atomic E-state index is 5.43. The quantitative estimate of drug-likeness (QED) is 0.827. The number of H-pyrrole nitrogens is 1. The number of ether oxygens (including phenoxy) is 1. The number of aromatic nitrogens is 2. The van der Waals surface area contributed by atoms with Gasteiger partial charge in [0.1, 0.15) is 11.5 Å². The first-order valence-corrected chi connectivity index (χ1v) is 5.76. The van der Waals surface area contributed by atoms with Crippen LogP contribution in [0.5, 0.6) is 0 Å². The number of morpholine rings is 1. The van der Waals surface area contributed by atoms with E-state index in [1.165, 1.54) is 0 Å². The molecular formula is C12H15N3O2. The summed E-state index contributed by atoms with van der Waals surface area (Å²) < 4.78 is 10.8. The summed E-state index contributed by atoms with van der Waals surface area (Å²) >= 11 is 0. The molecule has 2 aromatic rings. The van der Waals surface area contributed by atoms with Gasteiger partial charge in [0.05, 0.1) is 25.5 Å². The molecule has 2 N–H and O–H groups in total. The average Bonchev–Trinajstić information content (AvgIpc) is 2.99. The van der Waals surface area contributed by atoms with E-state index in [9.17, 15) is 0 Å². The lowest BCUT2D eigenvalue weighted by Gasteiger charge is -2.21. The molecule has 0 bridgehead atoms. The van der Waals surface area contributed by atoms with Crippen molar-refractivity contribution in [2.75, 3.05) is 19.8 Å². The normalized spacial score (nSPS) is 20.6. The Bertz CT molecular complexity index is 484. The van der Waals surface area contributed by atoms with Gasteiger partial charge in [-0.3, -0.25) is 0 Å². The lowest BCUT2D eigenvalue weighted by atomic mass is 10.2. The summed E-state index contributed by atoms with van der Waals surface area (Å²) in [5.74, 6) is 1.70. The molecule has 5 heteroatoms. The molecule has 0 saturated carbocycles. The summed E-state index contributed by atoms with van der Waals surface area (Å²) in [4.78, 5) is 7.87. The van der Waals surface area contributed by atoms with Crippen LogP contribution in [0.1, 0.15) is 17.6 Å². The van der Waals surface area contributed by atoms with E-state index in [1.54, 1.807) is 6.26 Å². The molecule has 3 heterocycles. The lowest BCUT2D eigenvalue weighted by Crippen LogP contribution is -2.35. The van der Waals surface area contributed by atoms with Crippen LogP contribution in [0, 0.1) is 6.92 Å². The van der Waals surface area contributed by atoms with Gasteiger partial charge in [-0.15, -0.1) is 0 Å². The van der Waals surface area contributed by atoms with Crippen molar-refractivity contribution in [3.05, 3.63) is 29.9 Å². The summed E-state index contributed by atoms with van der Waals surface area (Å²) in [5.41, 5.74) is 1.89. The molecule has 1 unspecified atom stereocenters. The van der Waals surface area contributed by atoms with Gasteiger partial charge in [-0.05, 0) is 19.1 Å². The van der Waals surface area contributed by atoms with Gasteiger partial charge in [-0.25, -0.2) is 4.98 Å². The Kier molecular flexibility index (Phi) is 2.70. The molecule has 0 radical (unpaired) electrons. The molecule has 5 nitrogen and oxygen atoms in total. The summed E-state index contributed by atoms with van der Waals surface area (Å²) in [6, 6.07) is 3.93. The van der Waals surface area contributed by atoms with Gasteiger partial charge < -0.3 is 19.5 Å². The minimum absolute atomic E-state index is 0.145. The number of rotatable bonds is 2. The smallest absolute Gasteiger partial charge is 0.154 e. The van der Waals surface area contributed by atoms with E-state index in [0.717, 1.165) is 36.1 Å². The molecule has 1 saturated heterocycles. The van der Waals surface area contributed by atoms with Gasteiger partial charge in [-0.2, -0.15) is 0 Å². The third-order valence-electron chi connectivity index (χ3n) is 2.91. The summed E-state index contributed by atoms with van der Waals surface area (Å²) in [5, 5.41) is 3.37. The molecular weight excluding hydrogens is 218 g/mol. The Morgan fingerprint density at radius 2 is 2.41 bits per heavy atom. The van der Waals surface area contributed by atoms with Crippen LogP contribution in [-0.4, -0.2) is 29.7 Å². The van der Waals surface area contributed by atoms with Crippen LogP contribution in [0.2, 0.25) is 0 Å². The van der Waals surface area contributed by atoms with Crippen molar-refractivity contribution in [3.8, 4) is 11.5 Å². The Morgan fingerprint density at radius 3 is 3.12 bits per heavy atom.